The standard InChI is InChI=1S/C12H11Cl2FN2O/c13-8-2-1-7(9(15)6-8)5-10(17-16)11-3-4-12(14)18-11/h1-4,6,10,17H,5,16H2. The summed E-state index contributed by atoms with van der Waals surface area (Å²) >= 11 is 11.4. The smallest absolute Gasteiger partial charge is 0.193 e. The number of rotatable bonds is 4. The second-order valence-electron chi connectivity index (χ2n) is 3.80. The number of halogens is 3. The van der Waals surface area contributed by atoms with Crippen molar-refractivity contribution in [3.05, 3.63) is 57.7 Å². The van der Waals surface area contributed by atoms with Gasteiger partial charge in [-0.1, -0.05) is 17.7 Å². The zero-order chi connectivity index (χ0) is 13.1. The lowest BCUT2D eigenvalue weighted by Gasteiger charge is -2.13. The van der Waals surface area contributed by atoms with Crippen LogP contribution in [0.5, 0.6) is 0 Å². The lowest BCUT2D eigenvalue weighted by molar-refractivity contribution is 0.413. The van der Waals surface area contributed by atoms with Gasteiger partial charge in [-0.05, 0) is 47.9 Å². The van der Waals surface area contributed by atoms with E-state index in [2.05, 4.69) is 5.43 Å². The van der Waals surface area contributed by atoms with Gasteiger partial charge in [-0.3, -0.25) is 5.84 Å². The summed E-state index contributed by atoms with van der Waals surface area (Å²) in [6.45, 7) is 0. The van der Waals surface area contributed by atoms with Crippen LogP contribution in [0.15, 0.2) is 34.7 Å². The molecule has 0 aliphatic carbocycles. The normalized spacial score (nSPS) is 12.7. The monoisotopic (exact) mass is 288 g/mol. The lowest BCUT2D eigenvalue weighted by Crippen LogP contribution is -2.29. The molecule has 0 bridgehead atoms. The second-order valence-corrected chi connectivity index (χ2v) is 4.61. The summed E-state index contributed by atoms with van der Waals surface area (Å²) in [6, 6.07) is 7.46. The van der Waals surface area contributed by atoms with E-state index in [1.807, 2.05) is 0 Å². The van der Waals surface area contributed by atoms with Gasteiger partial charge in [-0.2, -0.15) is 0 Å². The Hall–Kier alpha value is -1.07. The summed E-state index contributed by atoms with van der Waals surface area (Å²) in [6.07, 6.45) is 0.337. The summed E-state index contributed by atoms with van der Waals surface area (Å²) in [4.78, 5) is 0. The molecule has 18 heavy (non-hydrogen) atoms. The third kappa shape index (κ3) is 3.03. The topological polar surface area (TPSA) is 51.2 Å². The molecule has 0 saturated heterocycles. The molecule has 1 heterocycles. The molecular weight excluding hydrogens is 278 g/mol. The van der Waals surface area contributed by atoms with Crippen LogP contribution in [-0.2, 0) is 6.42 Å². The predicted octanol–water partition coefficient (Wildman–Crippen LogP) is 3.47. The van der Waals surface area contributed by atoms with Crippen molar-refractivity contribution in [2.45, 2.75) is 12.5 Å². The summed E-state index contributed by atoms with van der Waals surface area (Å²) < 4.78 is 18.9. The molecular formula is C12H11Cl2FN2O. The number of hydrazine groups is 1. The quantitative estimate of drug-likeness (QED) is 0.669. The Morgan fingerprint density at radius 3 is 2.61 bits per heavy atom. The van der Waals surface area contributed by atoms with Crippen molar-refractivity contribution < 1.29 is 8.81 Å². The Morgan fingerprint density at radius 1 is 1.28 bits per heavy atom. The van der Waals surface area contributed by atoms with Crippen molar-refractivity contribution in [3.63, 3.8) is 0 Å². The zero-order valence-corrected chi connectivity index (χ0v) is 10.8. The molecule has 2 rings (SSSR count). The minimum atomic E-state index is -0.375. The number of nitrogens with two attached hydrogens (primary N) is 1. The highest BCUT2D eigenvalue weighted by molar-refractivity contribution is 6.30. The van der Waals surface area contributed by atoms with Gasteiger partial charge in [-0.25, -0.2) is 9.82 Å². The number of hydrogen-bond donors (Lipinski definition) is 2. The molecule has 1 aromatic carbocycles. The van der Waals surface area contributed by atoms with E-state index >= 15 is 0 Å². The third-order valence-electron chi connectivity index (χ3n) is 2.58. The SMILES string of the molecule is NNC(Cc1ccc(Cl)cc1F)c1ccc(Cl)o1. The van der Waals surface area contributed by atoms with Gasteiger partial charge >= 0.3 is 0 Å². The summed E-state index contributed by atoms with van der Waals surface area (Å²) in [7, 11) is 0. The number of furan rings is 1. The summed E-state index contributed by atoms with van der Waals surface area (Å²) in [5, 5.41) is 0.622. The van der Waals surface area contributed by atoms with E-state index in [1.54, 1.807) is 24.3 Å². The number of hydrogen-bond acceptors (Lipinski definition) is 3. The maximum Gasteiger partial charge on any atom is 0.193 e. The zero-order valence-electron chi connectivity index (χ0n) is 9.29. The van der Waals surface area contributed by atoms with E-state index in [1.165, 1.54) is 6.07 Å². The van der Waals surface area contributed by atoms with Gasteiger partial charge < -0.3 is 4.42 Å². The van der Waals surface area contributed by atoms with Crippen LogP contribution in [0.3, 0.4) is 0 Å². The fourth-order valence-electron chi connectivity index (χ4n) is 1.66. The average molecular weight is 289 g/mol. The van der Waals surface area contributed by atoms with Gasteiger partial charge in [0.25, 0.3) is 0 Å². The Kier molecular flexibility index (Phi) is 4.24. The maximum absolute atomic E-state index is 13.7. The first-order valence-corrected chi connectivity index (χ1v) is 6.01. The molecule has 0 fully saturated rings. The molecule has 3 N–H and O–H groups in total. The van der Waals surface area contributed by atoms with Crippen molar-refractivity contribution >= 4 is 23.2 Å². The van der Waals surface area contributed by atoms with Crippen LogP contribution in [0.1, 0.15) is 17.4 Å². The third-order valence-corrected chi connectivity index (χ3v) is 3.02. The van der Waals surface area contributed by atoms with Crippen LogP contribution in [0.2, 0.25) is 10.2 Å². The van der Waals surface area contributed by atoms with Gasteiger partial charge in [0.05, 0.1) is 6.04 Å². The molecule has 0 radical (unpaired) electrons. The van der Waals surface area contributed by atoms with Gasteiger partial charge in [0.15, 0.2) is 5.22 Å². The van der Waals surface area contributed by atoms with Crippen LogP contribution in [-0.4, -0.2) is 0 Å². The van der Waals surface area contributed by atoms with Gasteiger partial charge in [-0.15, -0.1) is 0 Å². The average Bonchev–Trinajstić information content (AvgIpc) is 2.75. The van der Waals surface area contributed by atoms with Crippen LogP contribution < -0.4 is 11.3 Å². The van der Waals surface area contributed by atoms with E-state index in [0.717, 1.165) is 0 Å². The first-order chi connectivity index (χ1) is 8.60. The molecule has 0 amide bonds. The summed E-state index contributed by atoms with van der Waals surface area (Å²) in [5.41, 5.74) is 3.07. The minimum absolute atomic E-state index is 0.266. The van der Waals surface area contributed by atoms with Crippen molar-refractivity contribution in [2.75, 3.05) is 0 Å². The van der Waals surface area contributed by atoms with E-state index < -0.39 is 0 Å². The van der Waals surface area contributed by atoms with Gasteiger partial charge in [0.2, 0.25) is 0 Å². The van der Waals surface area contributed by atoms with Crippen molar-refractivity contribution in [1.29, 1.82) is 0 Å². The summed E-state index contributed by atoms with van der Waals surface area (Å²) in [5.74, 6) is 5.62. The first-order valence-electron chi connectivity index (χ1n) is 5.25. The largest absolute Gasteiger partial charge is 0.448 e. The molecule has 3 nitrogen and oxygen atoms in total. The number of benzene rings is 1. The maximum atomic E-state index is 13.7. The van der Waals surface area contributed by atoms with E-state index in [4.69, 9.17) is 33.5 Å². The van der Waals surface area contributed by atoms with Crippen molar-refractivity contribution in [1.82, 2.24) is 5.43 Å². The molecule has 2 aromatic rings. The highest BCUT2D eigenvalue weighted by atomic mass is 35.5. The Balaban J connectivity index is 2.20. The van der Waals surface area contributed by atoms with Gasteiger partial charge in [0, 0.05) is 5.02 Å². The highest BCUT2D eigenvalue weighted by Crippen LogP contribution is 2.24. The molecule has 0 spiro atoms. The fraction of sp³-hybridized carbons (Fsp3) is 0.167. The highest BCUT2D eigenvalue weighted by Gasteiger charge is 2.16. The van der Waals surface area contributed by atoms with Crippen LogP contribution in [0.4, 0.5) is 4.39 Å². The molecule has 1 aromatic heterocycles. The van der Waals surface area contributed by atoms with E-state index in [0.29, 0.717) is 22.8 Å². The van der Waals surface area contributed by atoms with E-state index in [9.17, 15) is 4.39 Å². The van der Waals surface area contributed by atoms with Crippen LogP contribution >= 0.6 is 23.2 Å². The van der Waals surface area contributed by atoms with E-state index in [-0.39, 0.29) is 17.1 Å². The fourth-order valence-corrected chi connectivity index (χ4v) is 1.98. The Morgan fingerprint density at radius 2 is 2.06 bits per heavy atom. The number of nitrogens with one attached hydrogen (secondary N) is 1. The molecule has 6 heteroatoms. The molecule has 1 atom stereocenters. The Labute approximate surface area is 114 Å². The molecule has 0 saturated carbocycles. The minimum Gasteiger partial charge on any atom is -0.448 e. The molecule has 0 aliphatic rings. The molecule has 1 unspecified atom stereocenters. The second kappa shape index (κ2) is 5.71. The molecule has 0 aliphatic heterocycles. The van der Waals surface area contributed by atoms with Crippen LogP contribution in [0.25, 0.3) is 0 Å². The lowest BCUT2D eigenvalue weighted by atomic mass is 10.0. The van der Waals surface area contributed by atoms with Crippen molar-refractivity contribution in [3.8, 4) is 0 Å². The van der Waals surface area contributed by atoms with Crippen molar-refractivity contribution in [2.24, 2.45) is 5.84 Å². The Bertz CT molecular complexity index is 545. The van der Waals surface area contributed by atoms with Crippen LogP contribution in [0, 0.1) is 5.82 Å². The predicted molar refractivity (Wildman–Crippen MR) is 68.9 cm³/mol. The molecule has 96 valence electrons. The first kappa shape index (κ1) is 13.4. The van der Waals surface area contributed by atoms with Gasteiger partial charge in [0.1, 0.15) is 11.6 Å².